The van der Waals surface area contributed by atoms with E-state index in [2.05, 4.69) is 74.1 Å². The van der Waals surface area contributed by atoms with E-state index in [0.717, 1.165) is 81.4 Å². The highest BCUT2D eigenvalue weighted by Crippen LogP contribution is 2.38. The van der Waals surface area contributed by atoms with E-state index in [1.54, 1.807) is 0 Å². The number of benzene rings is 5. The van der Waals surface area contributed by atoms with Gasteiger partial charge in [0.05, 0.1) is 35.0 Å². The van der Waals surface area contributed by atoms with Gasteiger partial charge >= 0.3 is 5.97 Å². The van der Waals surface area contributed by atoms with Crippen LogP contribution in [0.25, 0.3) is 21.5 Å². The number of nitrogens with zero attached hydrogens (tertiary/aromatic N) is 8. The minimum absolute atomic E-state index is 0.00452. The van der Waals surface area contributed by atoms with E-state index in [4.69, 9.17) is 15.0 Å². The van der Waals surface area contributed by atoms with Crippen LogP contribution in [0, 0.1) is 6.92 Å². The van der Waals surface area contributed by atoms with E-state index in [9.17, 15) is 4.79 Å². The predicted octanol–water partition coefficient (Wildman–Crippen LogP) is 13.0. The molecule has 0 aliphatic rings. The molecule has 0 aliphatic heterocycles. The average molecular weight is 698 g/mol. The lowest BCUT2D eigenvalue weighted by atomic mass is 10.1. The maximum Gasteiger partial charge on any atom is 0.377 e. The molecule has 1 atom stereocenters. The van der Waals surface area contributed by atoms with Crippen molar-refractivity contribution < 1.29 is 9.53 Å². The van der Waals surface area contributed by atoms with Gasteiger partial charge in [-0.15, -0.1) is 25.6 Å². The maximum atomic E-state index is 12.2. The Morgan fingerprint density at radius 2 is 1.33 bits per heavy atom. The van der Waals surface area contributed by atoms with Gasteiger partial charge in [0.25, 0.3) is 5.82 Å². The van der Waals surface area contributed by atoms with Crippen molar-refractivity contribution in [2.45, 2.75) is 59.4 Å². The first kappa shape index (κ1) is 35.1. The first-order valence-electron chi connectivity index (χ1n) is 17.1. The fourth-order valence-corrected chi connectivity index (χ4v) is 5.84. The quantitative estimate of drug-likeness (QED) is 0.0685. The molecule has 0 saturated heterocycles. The topological polar surface area (TPSA) is 138 Å². The number of anilines is 1. The number of esters is 1. The Hall–Kier alpha value is -5.75. The number of ether oxygens (including phenoxy) is 1. The summed E-state index contributed by atoms with van der Waals surface area (Å²) in [7, 11) is 0. The van der Waals surface area contributed by atoms with Crippen molar-refractivity contribution in [3.05, 3.63) is 102 Å². The van der Waals surface area contributed by atoms with Gasteiger partial charge in [-0.1, -0.05) is 75.2 Å². The van der Waals surface area contributed by atoms with Crippen molar-refractivity contribution in [1.29, 1.82) is 0 Å². The maximum absolute atomic E-state index is 12.2. The number of carbonyl (C=O) groups is 1. The molecule has 1 N–H and O–H groups in total. The van der Waals surface area contributed by atoms with Crippen molar-refractivity contribution in [2.24, 2.45) is 30.7 Å². The highest BCUT2D eigenvalue weighted by atomic mass is 32.1. The molecular weight excluding hydrogens is 659 g/mol. The number of aryl methyl sites for hydroxylation is 1. The molecular formula is C39H39N9O2S. The van der Waals surface area contributed by atoms with Crippen LogP contribution in [-0.4, -0.2) is 28.0 Å². The van der Waals surface area contributed by atoms with Gasteiger partial charge < -0.3 is 10.1 Å². The van der Waals surface area contributed by atoms with Crippen LogP contribution in [0.4, 0.5) is 39.3 Å². The summed E-state index contributed by atoms with van der Waals surface area (Å²) in [6.07, 6.45) is 3.90. The van der Waals surface area contributed by atoms with Crippen LogP contribution in [0.1, 0.15) is 62.6 Å². The smallest absolute Gasteiger partial charge is 0.377 e. The largest absolute Gasteiger partial charge is 0.460 e. The van der Waals surface area contributed by atoms with Crippen molar-refractivity contribution in [1.82, 2.24) is 9.36 Å². The van der Waals surface area contributed by atoms with E-state index in [-0.39, 0.29) is 11.0 Å². The van der Waals surface area contributed by atoms with Crippen LogP contribution in [-0.2, 0) is 4.74 Å². The highest BCUT2D eigenvalue weighted by Gasteiger charge is 2.14. The normalized spacial score (nSPS) is 12.5. The van der Waals surface area contributed by atoms with E-state index in [1.165, 1.54) is 0 Å². The summed E-state index contributed by atoms with van der Waals surface area (Å²) in [6, 6.07) is 30.0. The Morgan fingerprint density at radius 1 is 0.745 bits per heavy atom. The van der Waals surface area contributed by atoms with Crippen molar-refractivity contribution in [3.63, 3.8) is 0 Å². The van der Waals surface area contributed by atoms with Crippen LogP contribution in [0.3, 0.4) is 0 Å². The molecule has 0 fully saturated rings. The molecule has 258 valence electrons. The summed E-state index contributed by atoms with van der Waals surface area (Å²) in [5, 5.41) is 34.8. The van der Waals surface area contributed by atoms with Gasteiger partial charge in [-0.3, -0.25) is 0 Å². The summed E-state index contributed by atoms with van der Waals surface area (Å²) in [6.45, 7) is 8.71. The lowest BCUT2D eigenvalue weighted by Crippen LogP contribution is -2.13. The van der Waals surface area contributed by atoms with Gasteiger partial charge in [0, 0.05) is 44.8 Å². The van der Waals surface area contributed by atoms with Crippen molar-refractivity contribution in [2.75, 3.05) is 11.9 Å². The molecule has 0 aliphatic carbocycles. The molecule has 1 unspecified atom stereocenters. The van der Waals surface area contributed by atoms with Gasteiger partial charge in [0.15, 0.2) is 0 Å². The first-order chi connectivity index (χ1) is 24.9. The molecule has 5 aromatic carbocycles. The zero-order valence-electron chi connectivity index (χ0n) is 29.1. The van der Waals surface area contributed by atoms with Crippen LogP contribution >= 0.6 is 11.5 Å². The van der Waals surface area contributed by atoms with Gasteiger partial charge in [-0.2, -0.15) is 14.5 Å². The van der Waals surface area contributed by atoms with E-state index >= 15 is 0 Å². The molecule has 6 rings (SSSR count). The van der Waals surface area contributed by atoms with E-state index in [1.807, 2.05) is 79.7 Å². The minimum atomic E-state index is -0.550. The van der Waals surface area contributed by atoms with E-state index in [0.29, 0.717) is 29.7 Å². The average Bonchev–Trinajstić information content (AvgIpc) is 3.64. The fourth-order valence-electron chi connectivity index (χ4n) is 5.36. The lowest BCUT2D eigenvalue weighted by molar-refractivity contribution is 0.0485. The minimum Gasteiger partial charge on any atom is -0.460 e. The number of hydrogen-bond donors (Lipinski definition) is 1. The van der Waals surface area contributed by atoms with Crippen LogP contribution in [0.15, 0.2) is 122 Å². The number of hydrogen-bond acceptors (Lipinski definition) is 12. The van der Waals surface area contributed by atoms with Crippen LogP contribution in [0.2, 0.25) is 0 Å². The molecule has 0 amide bonds. The summed E-state index contributed by atoms with van der Waals surface area (Å²) < 4.78 is 9.27. The summed E-state index contributed by atoms with van der Waals surface area (Å²) in [5.74, 6) is -0.554. The number of aromatic nitrogens is 2. The summed E-state index contributed by atoms with van der Waals surface area (Å²) in [5.41, 5.74) is 5.52. The molecule has 11 nitrogen and oxygen atoms in total. The van der Waals surface area contributed by atoms with Crippen LogP contribution in [0.5, 0.6) is 0 Å². The van der Waals surface area contributed by atoms with Gasteiger partial charge in [-0.05, 0) is 74.7 Å². The molecule has 1 aromatic heterocycles. The molecule has 12 heteroatoms. The van der Waals surface area contributed by atoms with E-state index < -0.39 is 5.97 Å². The number of unbranched alkanes of at least 4 members (excludes halogenated alkanes) is 2. The lowest BCUT2D eigenvalue weighted by Gasteiger charge is -2.15. The number of fused-ring (bicyclic) bond motifs is 2. The Kier molecular flexibility index (Phi) is 11.5. The van der Waals surface area contributed by atoms with Crippen LogP contribution < -0.4 is 5.32 Å². The predicted molar refractivity (Wildman–Crippen MR) is 205 cm³/mol. The molecule has 6 aromatic rings. The zero-order valence-corrected chi connectivity index (χ0v) is 29.9. The fraction of sp³-hybridized carbons (Fsp3) is 0.256. The third kappa shape index (κ3) is 8.71. The Morgan fingerprint density at radius 3 is 1.98 bits per heavy atom. The third-order valence-corrected chi connectivity index (χ3v) is 8.94. The Bertz CT molecular complexity index is 2250. The summed E-state index contributed by atoms with van der Waals surface area (Å²) in [4.78, 5) is 16.3. The zero-order chi connectivity index (χ0) is 35.6. The Balaban J connectivity index is 1.17. The van der Waals surface area contributed by atoms with Gasteiger partial charge in [0.1, 0.15) is 0 Å². The molecule has 0 bridgehead atoms. The molecule has 0 saturated carbocycles. The SMILES string of the molecule is CCCCCOC(=O)c1nsc(/N=N/c2ccc(/N=N/c3ccc(/N=N/c4ccc(NC(C)CC)c5ccccc45)c4ccccc34)cc2C)n1. The standard InChI is InChI=1S/C39H39N9O2S/c1-5-7-12-23-50-38(49)37-41-39(51-48-37)47-43-32-18-17-27(24-25(32)3)42-44-34-21-22-36(31-16-11-10-15-30(31)34)46-45-35-20-19-33(40-26(4)6-2)28-13-8-9-14-29(28)35/h8-11,13-22,24,26,40H,5-7,12,23H2,1-4H3/b44-42+,46-45+,47-43+. The molecule has 0 spiro atoms. The van der Waals surface area contributed by atoms with Crippen molar-refractivity contribution >= 4 is 78.3 Å². The third-order valence-electron chi connectivity index (χ3n) is 8.33. The van der Waals surface area contributed by atoms with Gasteiger partial charge in [0.2, 0.25) is 5.13 Å². The summed E-state index contributed by atoms with van der Waals surface area (Å²) >= 11 is 0.991. The van der Waals surface area contributed by atoms with Crippen molar-refractivity contribution in [3.8, 4) is 0 Å². The monoisotopic (exact) mass is 697 g/mol. The first-order valence-corrected chi connectivity index (χ1v) is 17.9. The molecule has 51 heavy (non-hydrogen) atoms. The highest BCUT2D eigenvalue weighted by molar-refractivity contribution is 7.09. The molecule has 1 heterocycles. The number of azo groups is 3. The second-order valence-corrected chi connectivity index (χ2v) is 12.8. The number of nitrogens with one attached hydrogen (secondary N) is 1. The second-order valence-electron chi connectivity index (χ2n) is 12.1. The Labute approximate surface area is 300 Å². The number of carbonyl (C=O) groups excluding carboxylic acids is 1. The molecule has 0 radical (unpaired) electrons. The second kappa shape index (κ2) is 16.8. The van der Waals surface area contributed by atoms with Gasteiger partial charge in [-0.25, -0.2) is 4.79 Å². The number of rotatable bonds is 14.